The minimum absolute atomic E-state index is 0.589. The molecule has 0 aromatic carbocycles. The van der Waals surface area contributed by atoms with Gasteiger partial charge in [0, 0.05) is 0 Å². The van der Waals surface area contributed by atoms with Crippen LogP contribution in [0.1, 0.15) is 20.8 Å². The van der Waals surface area contributed by atoms with Gasteiger partial charge in [-0.25, -0.2) is 4.79 Å². The molecule has 1 atom stereocenters. The van der Waals surface area contributed by atoms with Crippen molar-refractivity contribution >= 4 is 5.97 Å². The molecule has 0 bridgehead atoms. The zero-order valence-corrected chi connectivity index (χ0v) is 6.92. The van der Waals surface area contributed by atoms with Crippen LogP contribution in [0.15, 0.2) is 0 Å². The van der Waals surface area contributed by atoms with E-state index >= 15 is 0 Å². The highest BCUT2D eigenvalue weighted by Gasteiger charge is 2.26. The molecule has 3 heteroatoms. The van der Waals surface area contributed by atoms with E-state index in [-0.39, 0.29) is 0 Å². The van der Waals surface area contributed by atoms with Gasteiger partial charge >= 0.3 is 5.97 Å². The van der Waals surface area contributed by atoms with Crippen LogP contribution < -0.4 is 0 Å². The SMILES string of the molecule is C#CC(C)OC(=O)C(C)(C)O. The summed E-state index contributed by atoms with van der Waals surface area (Å²) in [6.45, 7) is 4.25. The van der Waals surface area contributed by atoms with E-state index in [9.17, 15) is 4.79 Å². The van der Waals surface area contributed by atoms with Gasteiger partial charge < -0.3 is 9.84 Å². The van der Waals surface area contributed by atoms with E-state index in [1.54, 1.807) is 6.92 Å². The molecule has 0 radical (unpaired) electrons. The molecule has 0 aromatic rings. The average molecular weight is 156 g/mol. The van der Waals surface area contributed by atoms with E-state index in [0.29, 0.717) is 0 Å². The van der Waals surface area contributed by atoms with Crippen molar-refractivity contribution in [3.05, 3.63) is 0 Å². The molecular formula is C8H12O3. The number of hydrogen-bond acceptors (Lipinski definition) is 3. The minimum Gasteiger partial charge on any atom is -0.447 e. The van der Waals surface area contributed by atoms with Crippen LogP contribution in [0.4, 0.5) is 0 Å². The third-order valence-electron chi connectivity index (χ3n) is 1.02. The molecule has 0 fully saturated rings. The molecule has 0 aromatic heterocycles. The number of carbonyl (C=O) groups excluding carboxylic acids is 1. The van der Waals surface area contributed by atoms with Gasteiger partial charge in [-0.1, -0.05) is 5.92 Å². The average Bonchev–Trinajstić information content (AvgIpc) is 1.85. The number of carbonyl (C=O) groups is 1. The van der Waals surface area contributed by atoms with Crippen LogP contribution in [0, 0.1) is 12.3 Å². The normalized spacial score (nSPS) is 13.4. The number of rotatable bonds is 2. The topological polar surface area (TPSA) is 46.5 Å². The van der Waals surface area contributed by atoms with Gasteiger partial charge in [-0.3, -0.25) is 0 Å². The lowest BCUT2D eigenvalue weighted by Crippen LogP contribution is -2.35. The van der Waals surface area contributed by atoms with Crippen molar-refractivity contribution in [2.75, 3.05) is 0 Å². The molecule has 1 unspecified atom stereocenters. The van der Waals surface area contributed by atoms with Gasteiger partial charge in [-0.2, -0.15) is 0 Å². The van der Waals surface area contributed by atoms with Crippen LogP contribution in [0.3, 0.4) is 0 Å². The summed E-state index contributed by atoms with van der Waals surface area (Å²) < 4.78 is 4.64. The Labute approximate surface area is 66.4 Å². The van der Waals surface area contributed by atoms with Gasteiger partial charge in [0.25, 0.3) is 0 Å². The summed E-state index contributed by atoms with van der Waals surface area (Å²) in [5.74, 6) is 1.51. The second-order valence-electron chi connectivity index (χ2n) is 2.77. The van der Waals surface area contributed by atoms with E-state index < -0.39 is 17.7 Å². The molecule has 1 N–H and O–H groups in total. The largest absolute Gasteiger partial charge is 0.447 e. The van der Waals surface area contributed by atoms with Crippen molar-refractivity contribution < 1.29 is 14.6 Å². The summed E-state index contributed by atoms with van der Waals surface area (Å²) >= 11 is 0. The Bertz CT molecular complexity index is 182. The number of ether oxygens (including phenoxy) is 1. The van der Waals surface area contributed by atoms with Crippen molar-refractivity contribution in [2.24, 2.45) is 0 Å². The molecule has 0 aliphatic rings. The monoisotopic (exact) mass is 156 g/mol. The Balaban J connectivity index is 4.01. The van der Waals surface area contributed by atoms with Gasteiger partial charge in [0.2, 0.25) is 0 Å². The summed E-state index contributed by atoms with van der Waals surface area (Å²) in [5, 5.41) is 9.09. The van der Waals surface area contributed by atoms with Crippen molar-refractivity contribution in [3.63, 3.8) is 0 Å². The fourth-order valence-corrected chi connectivity index (χ4v) is 0.339. The number of hydrogen-bond donors (Lipinski definition) is 1. The highest BCUT2D eigenvalue weighted by molar-refractivity contribution is 5.78. The summed E-state index contributed by atoms with van der Waals surface area (Å²) in [6.07, 6.45) is 4.37. The Morgan fingerprint density at radius 1 is 1.73 bits per heavy atom. The van der Waals surface area contributed by atoms with Gasteiger partial charge in [0.05, 0.1) is 0 Å². The smallest absolute Gasteiger partial charge is 0.338 e. The van der Waals surface area contributed by atoms with Crippen LogP contribution in [0.2, 0.25) is 0 Å². The lowest BCUT2D eigenvalue weighted by Gasteiger charge is -2.16. The first-order valence-corrected chi connectivity index (χ1v) is 3.27. The van der Waals surface area contributed by atoms with E-state index in [2.05, 4.69) is 10.7 Å². The van der Waals surface area contributed by atoms with E-state index in [1.807, 2.05) is 0 Å². The van der Waals surface area contributed by atoms with Gasteiger partial charge in [-0.05, 0) is 20.8 Å². The minimum atomic E-state index is -1.47. The molecule has 3 nitrogen and oxygen atoms in total. The van der Waals surface area contributed by atoms with Crippen LogP contribution in [-0.2, 0) is 9.53 Å². The van der Waals surface area contributed by atoms with Crippen molar-refractivity contribution in [2.45, 2.75) is 32.5 Å². The van der Waals surface area contributed by atoms with Crippen LogP contribution in [0.25, 0.3) is 0 Å². The molecule has 0 saturated carbocycles. The third-order valence-corrected chi connectivity index (χ3v) is 1.02. The molecule has 0 spiro atoms. The second-order valence-corrected chi connectivity index (χ2v) is 2.77. The maximum absolute atomic E-state index is 10.9. The summed E-state index contributed by atoms with van der Waals surface area (Å²) in [4.78, 5) is 10.9. The standard InChI is InChI=1S/C8H12O3/c1-5-6(2)11-7(9)8(3,4)10/h1,6,10H,2-4H3. The van der Waals surface area contributed by atoms with Crippen LogP contribution in [-0.4, -0.2) is 22.8 Å². The summed E-state index contributed by atoms with van der Waals surface area (Å²) in [6, 6.07) is 0. The highest BCUT2D eigenvalue weighted by Crippen LogP contribution is 2.05. The Morgan fingerprint density at radius 2 is 2.18 bits per heavy atom. The summed E-state index contributed by atoms with van der Waals surface area (Å²) in [7, 11) is 0. The first kappa shape index (κ1) is 9.99. The number of aliphatic hydroxyl groups is 1. The maximum atomic E-state index is 10.9. The second kappa shape index (κ2) is 3.40. The lowest BCUT2D eigenvalue weighted by molar-refractivity contribution is -0.164. The van der Waals surface area contributed by atoms with E-state index in [1.165, 1.54) is 13.8 Å². The predicted octanol–water partition coefficient (Wildman–Crippen LogP) is 0.322. The first-order chi connectivity index (χ1) is 4.88. The molecular weight excluding hydrogens is 144 g/mol. The number of terminal acetylenes is 1. The van der Waals surface area contributed by atoms with E-state index in [4.69, 9.17) is 11.5 Å². The van der Waals surface area contributed by atoms with E-state index in [0.717, 1.165) is 0 Å². The lowest BCUT2D eigenvalue weighted by atomic mass is 10.1. The fourth-order valence-electron chi connectivity index (χ4n) is 0.339. The van der Waals surface area contributed by atoms with Crippen LogP contribution >= 0.6 is 0 Å². The van der Waals surface area contributed by atoms with Crippen LogP contribution in [0.5, 0.6) is 0 Å². The zero-order valence-electron chi connectivity index (χ0n) is 6.92. The third kappa shape index (κ3) is 3.64. The summed E-state index contributed by atoms with van der Waals surface area (Å²) in [5.41, 5.74) is -1.47. The number of esters is 1. The fraction of sp³-hybridized carbons (Fsp3) is 0.625. The molecule has 62 valence electrons. The molecule has 0 aliphatic heterocycles. The Morgan fingerprint density at radius 3 is 2.45 bits per heavy atom. The zero-order chi connectivity index (χ0) is 9.07. The van der Waals surface area contributed by atoms with Gasteiger partial charge in [-0.15, -0.1) is 6.42 Å². The quantitative estimate of drug-likeness (QED) is 0.462. The van der Waals surface area contributed by atoms with Gasteiger partial charge in [0.1, 0.15) is 0 Å². The predicted molar refractivity (Wildman–Crippen MR) is 40.7 cm³/mol. The molecule has 11 heavy (non-hydrogen) atoms. The highest BCUT2D eigenvalue weighted by atomic mass is 16.6. The van der Waals surface area contributed by atoms with Gasteiger partial charge in [0.15, 0.2) is 11.7 Å². The molecule has 0 amide bonds. The Hall–Kier alpha value is -1.01. The van der Waals surface area contributed by atoms with Crippen molar-refractivity contribution in [3.8, 4) is 12.3 Å². The molecule has 0 saturated heterocycles. The first-order valence-electron chi connectivity index (χ1n) is 3.27. The molecule has 0 heterocycles. The Kier molecular flexibility index (Phi) is 3.09. The van der Waals surface area contributed by atoms with Crippen molar-refractivity contribution in [1.82, 2.24) is 0 Å². The molecule has 0 rings (SSSR count). The maximum Gasteiger partial charge on any atom is 0.338 e. The van der Waals surface area contributed by atoms with Crippen molar-refractivity contribution in [1.29, 1.82) is 0 Å². The molecule has 0 aliphatic carbocycles.